The Bertz CT molecular complexity index is 711. The van der Waals surface area contributed by atoms with Gasteiger partial charge in [-0.3, -0.25) is 4.90 Å². The smallest absolute Gasteiger partial charge is 0.222 e. The first-order chi connectivity index (χ1) is 12.7. The second-order valence-corrected chi connectivity index (χ2v) is 8.67. The van der Waals surface area contributed by atoms with Crippen molar-refractivity contribution < 1.29 is 9.47 Å². The first-order valence-corrected chi connectivity index (χ1v) is 10.0. The molecular formula is C19H26N4O2S. The maximum atomic E-state index is 6.29. The normalized spacial score (nSPS) is 26.9. The Labute approximate surface area is 158 Å². The molecule has 0 unspecified atom stereocenters. The van der Waals surface area contributed by atoms with Gasteiger partial charge in [0.15, 0.2) is 0 Å². The molecule has 2 aromatic rings. The van der Waals surface area contributed by atoms with Gasteiger partial charge in [-0.1, -0.05) is 0 Å². The number of aryl methyl sites for hydroxylation is 1. The highest BCUT2D eigenvalue weighted by Gasteiger charge is 2.43. The average molecular weight is 375 g/mol. The van der Waals surface area contributed by atoms with Crippen LogP contribution in [0.4, 0.5) is 5.95 Å². The zero-order valence-electron chi connectivity index (χ0n) is 15.2. The van der Waals surface area contributed by atoms with Gasteiger partial charge < -0.3 is 14.8 Å². The molecule has 0 radical (unpaired) electrons. The van der Waals surface area contributed by atoms with Crippen LogP contribution in [-0.2, 0) is 16.0 Å². The minimum Gasteiger partial charge on any atom is -0.377 e. The van der Waals surface area contributed by atoms with Crippen molar-refractivity contribution in [1.29, 1.82) is 0 Å². The zero-order chi connectivity index (χ0) is 17.8. The summed E-state index contributed by atoms with van der Waals surface area (Å²) in [5, 5.41) is 3.32. The predicted molar refractivity (Wildman–Crippen MR) is 102 cm³/mol. The highest BCUT2D eigenvalue weighted by molar-refractivity contribution is 7.11. The zero-order valence-corrected chi connectivity index (χ0v) is 16.0. The van der Waals surface area contributed by atoms with Crippen LogP contribution >= 0.6 is 11.3 Å². The van der Waals surface area contributed by atoms with Crippen LogP contribution in [0.25, 0.3) is 0 Å². The third-order valence-electron chi connectivity index (χ3n) is 5.00. The van der Waals surface area contributed by atoms with Gasteiger partial charge in [0, 0.05) is 54.2 Å². The van der Waals surface area contributed by atoms with Gasteiger partial charge in [0.1, 0.15) is 5.60 Å². The van der Waals surface area contributed by atoms with Crippen LogP contribution in [0.3, 0.4) is 0 Å². The molecule has 7 heteroatoms. The minimum absolute atomic E-state index is 0.188. The molecule has 4 heterocycles. The summed E-state index contributed by atoms with van der Waals surface area (Å²) >= 11 is 1.88. The number of nitrogens with one attached hydrogen (secondary N) is 1. The Kier molecular flexibility index (Phi) is 5.49. The standard InChI is InChI=1S/C19H26N4O2S/c1-15-3-4-17(26-15)11-23-7-8-24-14-19(13-23)9-16(12-25-19)10-22-18-20-5-2-6-21-18/h2-6,16H,7-14H2,1H3,(H,20,21,22)/t16-,19+/m0/s1. The first kappa shape index (κ1) is 17.9. The quantitative estimate of drug-likeness (QED) is 0.868. The molecule has 0 saturated carbocycles. The Hall–Kier alpha value is -1.54. The number of anilines is 1. The van der Waals surface area contributed by atoms with Gasteiger partial charge in [0.05, 0.1) is 19.8 Å². The summed E-state index contributed by atoms with van der Waals surface area (Å²) in [6, 6.07) is 6.26. The molecule has 0 amide bonds. The SMILES string of the molecule is Cc1ccc(CN2CCOC[C@@]3(C[C@@H](CNc4ncccn4)CO3)C2)s1. The largest absolute Gasteiger partial charge is 0.377 e. The summed E-state index contributed by atoms with van der Waals surface area (Å²) < 4.78 is 12.2. The average Bonchev–Trinajstić information content (AvgIpc) is 3.18. The highest BCUT2D eigenvalue weighted by atomic mass is 32.1. The monoisotopic (exact) mass is 374 g/mol. The minimum atomic E-state index is -0.188. The van der Waals surface area contributed by atoms with Gasteiger partial charge >= 0.3 is 0 Å². The fourth-order valence-electron chi connectivity index (χ4n) is 3.82. The summed E-state index contributed by atoms with van der Waals surface area (Å²) in [7, 11) is 0. The fraction of sp³-hybridized carbons (Fsp3) is 0.579. The summed E-state index contributed by atoms with van der Waals surface area (Å²) in [5.41, 5.74) is -0.188. The Balaban J connectivity index is 1.34. The Morgan fingerprint density at radius 1 is 1.35 bits per heavy atom. The van der Waals surface area contributed by atoms with Gasteiger partial charge in [0.2, 0.25) is 5.95 Å². The molecule has 0 aromatic carbocycles. The second kappa shape index (κ2) is 8.00. The lowest BCUT2D eigenvalue weighted by Crippen LogP contribution is -2.43. The van der Waals surface area contributed by atoms with E-state index in [1.54, 1.807) is 12.4 Å². The molecule has 0 aliphatic carbocycles. The van der Waals surface area contributed by atoms with Crippen molar-refractivity contribution in [3.63, 3.8) is 0 Å². The highest BCUT2D eigenvalue weighted by Crippen LogP contribution is 2.33. The van der Waals surface area contributed by atoms with E-state index in [2.05, 4.69) is 39.2 Å². The van der Waals surface area contributed by atoms with Crippen LogP contribution in [0.2, 0.25) is 0 Å². The molecule has 2 fully saturated rings. The van der Waals surface area contributed by atoms with Crippen LogP contribution in [0, 0.1) is 12.8 Å². The van der Waals surface area contributed by atoms with Crippen molar-refractivity contribution in [2.45, 2.75) is 25.5 Å². The molecule has 4 rings (SSSR count). The van der Waals surface area contributed by atoms with Crippen LogP contribution in [0.15, 0.2) is 30.6 Å². The molecule has 6 nitrogen and oxygen atoms in total. The molecule has 2 aliphatic rings. The number of rotatable bonds is 5. The molecule has 2 saturated heterocycles. The van der Waals surface area contributed by atoms with E-state index in [-0.39, 0.29) is 5.60 Å². The maximum Gasteiger partial charge on any atom is 0.222 e. The molecule has 140 valence electrons. The molecule has 1 N–H and O–H groups in total. The van der Waals surface area contributed by atoms with Gasteiger partial charge in [0.25, 0.3) is 0 Å². The van der Waals surface area contributed by atoms with Crippen molar-refractivity contribution in [3.05, 3.63) is 40.3 Å². The fourth-order valence-corrected chi connectivity index (χ4v) is 4.75. The van der Waals surface area contributed by atoms with Gasteiger partial charge in [-0.25, -0.2) is 9.97 Å². The number of hydrogen-bond acceptors (Lipinski definition) is 7. The molecule has 26 heavy (non-hydrogen) atoms. The summed E-state index contributed by atoms with van der Waals surface area (Å²) in [6.45, 7) is 8.08. The second-order valence-electron chi connectivity index (χ2n) is 7.29. The van der Waals surface area contributed by atoms with E-state index in [1.807, 2.05) is 17.4 Å². The summed E-state index contributed by atoms with van der Waals surface area (Å²) in [5.74, 6) is 1.13. The van der Waals surface area contributed by atoms with Crippen molar-refractivity contribution in [1.82, 2.24) is 14.9 Å². The Morgan fingerprint density at radius 3 is 3.04 bits per heavy atom. The van der Waals surface area contributed by atoms with E-state index in [9.17, 15) is 0 Å². The molecule has 1 spiro atoms. The van der Waals surface area contributed by atoms with Crippen LogP contribution < -0.4 is 5.32 Å². The van der Waals surface area contributed by atoms with E-state index < -0.39 is 0 Å². The lowest BCUT2D eigenvalue weighted by atomic mass is 9.94. The van der Waals surface area contributed by atoms with Gasteiger partial charge in [-0.2, -0.15) is 0 Å². The maximum absolute atomic E-state index is 6.29. The van der Waals surface area contributed by atoms with Gasteiger partial charge in [-0.15, -0.1) is 11.3 Å². The number of ether oxygens (including phenoxy) is 2. The Morgan fingerprint density at radius 2 is 2.23 bits per heavy atom. The van der Waals surface area contributed by atoms with E-state index in [1.165, 1.54) is 9.75 Å². The number of nitrogens with zero attached hydrogens (tertiary/aromatic N) is 3. The predicted octanol–water partition coefficient (Wildman–Crippen LogP) is 2.57. The van der Waals surface area contributed by atoms with Gasteiger partial charge in [-0.05, 0) is 31.5 Å². The van der Waals surface area contributed by atoms with Crippen molar-refractivity contribution in [2.24, 2.45) is 5.92 Å². The molecule has 0 bridgehead atoms. The van der Waals surface area contributed by atoms with Crippen molar-refractivity contribution in [2.75, 3.05) is 44.8 Å². The van der Waals surface area contributed by atoms with E-state index in [0.717, 1.165) is 45.8 Å². The summed E-state index contributed by atoms with van der Waals surface area (Å²) in [4.78, 5) is 13.7. The lowest BCUT2D eigenvalue weighted by molar-refractivity contribution is -0.0561. The molecule has 2 aromatic heterocycles. The number of aromatic nitrogens is 2. The number of thiophene rings is 1. The van der Waals surface area contributed by atoms with Crippen LogP contribution in [0.5, 0.6) is 0 Å². The molecule has 2 aliphatic heterocycles. The van der Waals surface area contributed by atoms with Crippen LogP contribution in [0.1, 0.15) is 16.2 Å². The summed E-state index contributed by atoms with van der Waals surface area (Å²) in [6.07, 6.45) is 4.52. The molecule has 2 atom stereocenters. The number of hydrogen-bond donors (Lipinski definition) is 1. The molecular weight excluding hydrogens is 348 g/mol. The first-order valence-electron chi connectivity index (χ1n) is 9.21. The van der Waals surface area contributed by atoms with Crippen molar-refractivity contribution >= 4 is 17.3 Å². The van der Waals surface area contributed by atoms with Crippen LogP contribution in [-0.4, -0.2) is 59.9 Å². The third kappa shape index (κ3) is 4.40. The topological polar surface area (TPSA) is 59.5 Å². The van der Waals surface area contributed by atoms with Crippen molar-refractivity contribution in [3.8, 4) is 0 Å². The van der Waals surface area contributed by atoms with E-state index in [4.69, 9.17) is 9.47 Å². The third-order valence-corrected chi connectivity index (χ3v) is 5.99. The van der Waals surface area contributed by atoms with E-state index >= 15 is 0 Å². The van der Waals surface area contributed by atoms with E-state index in [0.29, 0.717) is 18.5 Å². The lowest BCUT2D eigenvalue weighted by Gasteiger charge is -2.31.